The van der Waals surface area contributed by atoms with Crippen LogP contribution in [0.25, 0.3) is 10.9 Å². The third-order valence-corrected chi connectivity index (χ3v) is 6.34. The Balaban J connectivity index is 1.61. The summed E-state index contributed by atoms with van der Waals surface area (Å²) in [4.78, 5) is 4.27. The van der Waals surface area contributed by atoms with Crippen LogP contribution in [0.15, 0.2) is 71.8 Å². The van der Waals surface area contributed by atoms with E-state index in [9.17, 15) is 12.8 Å². The predicted octanol–water partition coefficient (Wildman–Crippen LogP) is 4.99. The van der Waals surface area contributed by atoms with Gasteiger partial charge >= 0.3 is 0 Å². The second kappa shape index (κ2) is 9.44. The first kappa shape index (κ1) is 23.1. The highest BCUT2D eigenvalue weighted by atomic mass is 32.2. The Morgan fingerprint density at radius 2 is 1.68 bits per heavy atom. The predicted molar refractivity (Wildman–Crippen MR) is 125 cm³/mol. The maximum atomic E-state index is 14.8. The summed E-state index contributed by atoms with van der Waals surface area (Å²) in [5.41, 5.74) is 0.295. The fraction of sp³-hybridized carbons (Fsp3) is 0.125. The molecule has 0 radical (unpaired) electrons. The maximum absolute atomic E-state index is 14.8. The SMILES string of the molecule is COc1cccc(S(=O)(=O)Nc2ccc(Oc3ccnc4c(OC)c(OC)ccc34)cc2F)c1. The number of sulfonamides is 1. The van der Waals surface area contributed by atoms with Gasteiger partial charge in [-0.1, -0.05) is 6.07 Å². The zero-order valence-corrected chi connectivity index (χ0v) is 19.4. The van der Waals surface area contributed by atoms with Crippen molar-refractivity contribution in [1.29, 1.82) is 0 Å². The van der Waals surface area contributed by atoms with Crippen LogP contribution in [0.2, 0.25) is 0 Å². The molecule has 0 aliphatic rings. The lowest BCUT2D eigenvalue weighted by Gasteiger charge is -2.14. The minimum absolute atomic E-state index is 0.0563. The van der Waals surface area contributed by atoms with Crippen LogP contribution in [0.4, 0.5) is 10.1 Å². The molecule has 34 heavy (non-hydrogen) atoms. The molecule has 10 heteroatoms. The highest BCUT2D eigenvalue weighted by molar-refractivity contribution is 7.92. The molecule has 1 heterocycles. The number of hydrogen-bond acceptors (Lipinski definition) is 7. The molecular weight excluding hydrogens is 463 g/mol. The van der Waals surface area contributed by atoms with Crippen LogP contribution in [0.3, 0.4) is 0 Å². The summed E-state index contributed by atoms with van der Waals surface area (Å²) in [6, 6.07) is 14.8. The van der Waals surface area contributed by atoms with Crippen molar-refractivity contribution in [2.75, 3.05) is 26.1 Å². The van der Waals surface area contributed by atoms with Gasteiger partial charge in [0.05, 0.1) is 31.9 Å². The van der Waals surface area contributed by atoms with Crippen LogP contribution in [0.1, 0.15) is 0 Å². The molecule has 0 saturated carbocycles. The van der Waals surface area contributed by atoms with E-state index in [0.29, 0.717) is 33.9 Å². The standard InChI is InChI=1S/C24H21FN2O6S/c1-30-15-5-4-6-17(13-15)34(28,29)27-20-9-7-16(14-19(20)25)33-21-11-12-26-23-18(21)8-10-22(31-2)24(23)32-3/h4-14,27H,1-3H3. The smallest absolute Gasteiger partial charge is 0.262 e. The van der Waals surface area contributed by atoms with Crippen LogP contribution < -0.4 is 23.7 Å². The van der Waals surface area contributed by atoms with Gasteiger partial charge in [-0.25, -0.2) is 12.8 Å². The largest absolute Gasteiger partial charge is 0.497 e. The first-order valence-electron chi connectivity index (χ1n) is 10.00. The van der Waals surface area contributed by atoms with E-state index in [0.717, 1.165) is 6.07 Å². The highest BCUT2D eigenvalue weighted by Crippen LogP contribution is 2.39. The molecule has 176 valence electrons. The molecule has 0 aliphatic carbocycles. The number of nitrogens with zero attached hydrogens (tertiary/aromatic N) is 1. The Kier molecular flexibility index (Phi) is 6.42. The summed E-state index contributed by atoms with van der Waals surface area (Å²) in [7, 11) is 0.430. The average Bonchev–Trinajstić information content (AvgIpc) is 2.85. The molecule has 4 aromatic rings. The number of benzene rings is 3. The fourth-order valence-corrected chi connectivity index (χ4v) is 4.44. The van der Waals surface area contributed by atoms with Gasteiger partial charge in [0.15, 0.2) is 17.3 Å². The van der Waals surface area contributed by atoms with Crippen molar-refractivity contribution in [3.8, 4) is 28.7 Å². The molecule has 0 unspecified atom stereocenters. The van der Waals surface area contributed by atoms with Crippen molar-refractivity contribution in [3.05, 3.63) is 72.7 Å². The molecule has 1 N–H and O–H groups in total. The third-order valence-electron chi connectivity index (χ3n) is 4.98. The molecule has 8 nitrogen and oxygen atoms in total. The average molecular weight is 485 g/mol. The number of anilines is 1. The number of aromatic nitrogens is 1. The first-order chi connectivity index (χ1) is 16.4. The van der Waals surface area contributed by atoms with Crippen molar-refractivity contribution in [3.63, 3.8) is 0 Å². The third kappa shape index (κ3) is 4.53. The second-order valence-corrected chi connectivity index (χ2v) is 8.72. The lowest BCUT2D eigenvalue weighted by molar-refractivity contribution is 0.358. The summed E-state index contributed by atoms with van der Waals surface area (Å²) in [6.07, 6.45) is 1.53. The molecule has 4 rings (SSSR count). The number of fused-ring (bicyclic) bond motifs is 1. The number of rotatable bonds is 8. The summed E-state index contributed by atoms with van der Waals surface area (Å²) in [5.74, 6) is 1.10. The van der Waals surface area contributed by atoms with E-state index in [-0.39, 0.29) is 16.3 Å². The topological polar surface area (TPSA) is 96.0 Å². The lowest BCUT2D eigenvalue weighted by atomic mass is 10.1. The summed E-state index contributed by atoms with van der Waals surface area (Å²) in [5, 5.41) is 0.628. The highest BCUT2D eigenvalue weighted by Gasteiger charge is 2.18. The minimum atomic E-state index is -4.03. The van der Waals surface area contributed by atoms with Crippen molar-refractivity contribution < 1.29 is 31.8 Å². The van der Waals surface area contributed by atoms with Crippen LogP contribution in [-0.2, 0) is 10.0 Å². The molecule has 0 atom stereocenters. The summed E-state index contributed by atoms with van der Waals surface area (Å²) >= 11 is 0. The molecule has 0 amide bonds. The molecule has 1 aromatic heterocycles. The Morgan fingerprint density at radius 3 is 2.38 bits per heavy atom. The molecule has 0 spiro atoms. The Bertz CT molecular complexity index is 1460. The van der Waals surface area contributed by atoms with Gasteiger partial charge < -0.3 is 18.9 Å². The molecule has 3 aromatic carbocycles. The van der Waals surface area contributed by atoms with Crippen LogP contribution in [0.5, 0.6) is 28.7 Å². The van der Waals surface area contributed by atoms with Gasteiger partial charge in [0, 0.05) is 23.7 Å². The van der Waals surface area contributed by atoms with Crippen LogP contribution >= 0.6 is 0 Å². The van der Waals surface area contributed by atoms with E-state index in [1.165, 1.54) is 57.9 Å². The van der Waals surface area contributed by atoms with E-state index in [2.05, 4.69) is 9.71 Å². The number of halogens is 1. The van der Waals surface area contributed by atoms with Gasteiger partial charge in [0.1, 0.15) is 22.8 Å². The number of pyridine rings is 1. The van der Waals surface area contributed by atoms with Gasteiger partial charge in [-0.05, 0) is 42.5 Å². The Labute approximate surface area is 195 Å². The second-order valence-electron chi connectivity index (χ2n) is 7.03. The number of nitrogens with one attached hydrogen (secondary N) is 1. The van der Waals surface area contributed by atoms with Crippen LogP contribution in [0, 0.1) is 5.82 Å². The normalized spacial score (nSPS) is 11.2. The Morgan fingerprint density at radius 1 is 0.853 bits per heavy atom. The quantitative estimate of drug-likeness (QED) is 0.376. The fourth-order valence-electron chi connectivity index (χ4n) is 3.34. The number of hydrogen-bond donors (Lipinski definition) is 1. The number of methoxy groups -OCH3 is 3. The van der Waals surface area contributed by atoms with E-state index >= 15 is 0 Å². The first-order valence-corrected chi connectivity index (χ1v) is 11.5. The maximum Gasteiger partial charge on any atom is 0.262 e. The van der Waals surface area contributed by atoms with Crippen molar-refractivity contribution >= 4 is 26.6 Å². The van der Waals surface area contributed by atoms with Gasteiger partial charge in [-0.3, -0.25) is 9.71 Å². The van der Waals surface area contributed by atoms with Gasteiger partial charge in [-0.15, -0.1) is 0 Å². The van der Waals surface area contributed by atoms with Gasteiger partial charge in [0.25, 0.3) is 10.0 Å². The van der Waals surface area contributed by atoms with Gasteiger partial charge in [-0.2, -0.15) is 0 Å². The zero-order chi connectivity index (χ0) is 24.3. The van der Waals surface area contributed by atoms with E-state index in [1.807, 2.05) is 0 Å². The Hall–Kier alpha value is -4.05. The lowest BCUT2D eigenvalue weighted by Crippen LogP contribution is -2.14. The molecule has 0 saturated heterocycles. The van der Waals surface area contributed by atoms with E-state index in [4.69, 9.17) is 18.9 Å². The summed E-state index contributed by atoms with van der Waals surface area (Å²) < 4.78 is 64.0. The molecular formula is C24H21FN2O6S. The van der Waals surface area contributed by atoms with Crippen molar-refractivity contribution in [2.45, 2.75) is 4.90 Å². The van der Waals surface area contributed by atoms with E-state index in [1.54, 1.807) is 24.3 Å². The van der Waals surface area contributed by atoms with Gasteiger partial charge in [0.2, 0.25) is 0 Å². The zero-order valence-electron chi connectivity index (χ0n) is 18.5. The minimum Gasteiger partial charge on any atom is -0.497 e. The van der Waals surface area contributed by atoms with E-state index < -0.39 is 15.8 Å². The molecule has 0 bridgehead atoms. The van der Waals surface area contributed by atoms with Crippen LogP contribution in [-0.4, -0.2) is 34.7 Å². The monoisotopic (exact) mass is 484 g/mol. The van der Waals surface area contributed by atoms with Crippen molar-refractivity contribution in [2.24, 2.45) is 0 Å². The van der Waals surface area contributed by atoms with Crippen molar-refractivity contribution in [1.82, 2.24) is 4.98 Å². The number of ether oxygens (including phenoxy) is 4. The molecule has 0 aliphatic heterocycles. The molecule has 0 fully saturated rings. The summed E-state index contributed by atoms with van der Waals surface area (Å²) in [6.45, 7) is 0.